The van der Waals surface area contributed by atoms with Gasteiger partial charge < -0.3 is 5.11 Å². The van der Waals surface area contributed by atoms with Gasteiger partial charge in [0.05, 0.1) is 5.56 Å². The number of amides is 1. The summed E-state index contributed by atoms with van der Waals surface area (Å²) in [6, 6.07) is 4.29. The molecule has 0 saturated heterocycles. The molecule has 1 heterocycles. The zero-order chi connectivity index (χ0) is 17.4. The van der Waals surface area contributed by atoms with Crippen molar-refractivity contribution in [3.63, 3.8) is 0 Å². The number of halogens is 5. The first-order valence-corrected chi connectivity index (χ1v) is 6.92. The molecule has 0 bridgehead atoms. The van der Waals surface area contributed by atoms with Crippen molar-refractivity contribution in [1.82, 2.24) is 4.98 Å². The predicted octanol–water partition coefficient (Wildman–Crippen LogP) is 4.06. The predicted molar refractivity (Wildman–Crippen MR) is 72.9 cm³/mol. The van der Waals surface area contributed by atoms with E-state index in [0.717, 1.165) is 0 Å². The molecule has 0 aliphatic heterocycles. The Labute approximate surface area is 130 Å². The van der Waals surface area contributed by atoms with Gasteiger partial charge in [0, 0.05) is 5.38 Å². The molecule has 0 fully saturated rings. The molecule has 0 atom stereocenters. The molecule has 2 rings (SSSR count). The van der Waals surface area contributed by atoms with Crippen molar-refractivity contribution in [1.29, 1.82) is 0 Å². The highest BCUT2D eigenvalue weighted by molar-refractivity contribution is 7.14. The maximum atomic E-state index is 13.1. The van der Waals surface area contributed by atoms with Crippen molar-refractivity contribution in [2.45, 2.75) is 19.0 Å². The van der Waals surface area contributed by atoms with Gasteiger partial charge in [0.1, 0.15) is 11.4 Å². The van der Waals surface area contributed by atoms with Gasteiger partial charge in [0.2, 0.25) is 0 Å². The number of benzene rings is 1. The number of alkyl halides is 5. The highest BCUT2D eigenvalue weighted by atomic mass is 32.1. The average molecular weight is 352 g/mol. The number of phenolic OH excluding ortho intramolecular Hbond substituents is 1. The number of anilines is 1. The molecule has 1 aromatic carbocycles. The van der Waals surface area contributed by atoms with E-state index in [2.05, 4.69) is 10.3 Å². The van der Waals surface area contributed by atoms with Crippen LogP contribution in [0.3, 0.4) is 0 Å². The summed E-state index contributed by atoms with van der Waals surface area (Å²) < 4.78 is 63.0. The Balaban J connectivity index is 2.23. The zero-order valence-corrected chi connectivity index (χ0v) is 12.2. The molecule has 23 heavy (non-hydrogen) atoms. The SMILES string of the molecule is Cc1cccc(C(=O)Nc2nc(C(F)(F)C(F)(F)F)cs2)c1O. The number of hydrogen-bond donors (Lipinski definition) is 2. The second-order valence-corrected chi connectivity index (χ2v) is 5.39. The minimum absolute atomic E-state index is 0.149. The average Bonchev–Trinajstić information content (AvgIpc) is 2.89. The lowest BCUT2D eigenvalue weighted by atomic mass is 10.1. The van der Waals surface area contributed by atoms with E-state index in [0.29, 0.717) is 22.3 Å². The second-order valence-electron chi connectivity index (χ2n) is 4.54. The normalized spacial score (nSPS) is 12.3. The first-order chi connectivity index (χ1) is 10.5. The number of aromatic nitrogens is 1. The molecule has 0 aliphatic rings. The molecular weight excluding hydrogens is 343 g/mol. The molecule has 2 aromatic rings. The van der Waals surface area contributed by atoms with Gasteiger partial charge in [-0.1, -0.05) is 12.1 Å². The van der Waals surface area contributed by atoms with Crippen LogP contribution in [-0.2, 0) is 5.92 Å². The van der Waals surface area contributed by atoms with Crippen LogP contribution in [0, 0.1) is 6.92 Å². The minimum atomic E-state index is -5.78. The van der Waals surface area contributed by atoms with Crippen LogP contribution in [0.15, 0.2) is 23.6 Å². The van der Waals surface area contributed by atoms with Crippen LogP contribution in [0.2, 0.25) is 0 Å². The lowest BCUT2D eigenvalue weighted by molar-refractivity contribution is -0.290. The molecule has 0 radical (unpaired) electrons. The molecule has 1 amide bonds. The number of aromatic hydroxyl groups is 1. The van der Waals surface area contributed by atoms with E-state index in [1.807, 2.05) is 0 Å². The Morgan fingerprint density at radius 3 is 2.52 bits per heavy atom. The van der Waals surface area contributed by atoms with Gasteiger partial charge in [-0.05, 0) is 18.6 Å². The van der Waals surface area contributed by atoms with Gasteiger partial charge in [0.25, 0.3) is 5.91 Å². The third kappa shape index (κ3) is 3.26. The maximum absolute atomic E-state index is 13.1. The van der Waals surface area contributed by atoms with Crippen molar-refractivity contribution in [2.24, 2.45) is 0 Å². The quantitative estimate of drug-likeness (QED) is 0.819. The Hall–Kier alpha value is -2.23. The summed E-state index contributed by atoms with van der Waals surface area (Å²) in [5.41, 5.74) is -1.25. The van der Waals surface area contributed by atoms with Crippen LogP contribution in [0.1, 0.15) is 21.6 Å². The molecule has 0 unspecified atom stereocenters. The molecule has 4 nitrogen and oxygen atoms in total. The third-order valence-electron chi connectivity index (χ3n) is 2.88. The third-order valence-corrected chi connectivity index (χ3v) is 3.64. The standard InChI is InChI=1S/C13H9F5N2O2S/c1-6-3-2-4-7(9(6)21)10(22)20-11-19-8(5-23-11)12(14,15)13(16,17)18/h2-5,21H,1H3,(H,19,20,22). The zero-order valence-electron chi connectivity index (χ0n) is 11.4. The van der Waals surface area contributed by atoms with E-state index in [9.17, 15) is 31.9 Å². The smallest absolute Gasteiger partial charge is 0.459 e. The number of aryl methyl sites for hydroxylation is 1. The lowest BCUT2D eigenvalue weighted by Crippen LogP contribution is -2.34. The number of thiazole rings is 1. The topological polar surface area (TPSA) is 62.2 Å². The van der Waals surface area contributed by atoms with Gasteiger partial charge in [-0.2, -0.15) is 22.0 Å². The van der Waals surface area contributed by atoms with Crippen LogP contribution in [0.4, 0.5) is 27.1 Å². The van der Waals surface area contributed by atoms with Gasteiger partial charge >= 0.3 is 12.1 Å². The second kappa shape index (κ2) is 5.76. The Kier molecular flexibility index (Phi) is 4.29. The van der Waals surface area contributed by atoms with E-state index in [4.69, 9.17) is 0 Å². The van der Waals surface area contributed by atoms with Gasteiger partial charge in [-0.3, -0.25) is 10.1 Å². The minimum Gasteiger partial charge on any atom is -0.507 e. The number of para-hydroxylation sites is 1. The number of nitrogens with zero attached hydrogens (tertiary/aromatic N) is 1. The first-order valence-electron chi connectivity index (χ1n) is 6.04. The van der Waals surface area contributed by atoms with E-state index < -0.39 is 28.8 Å². The first kappa shape index (κ1) is 17.1. The van der Waals surface area contributed by atoms with Crippen LogP contribution in [-0.4, -0.2) is 22.2 Å². The monoisotopic (exact) mass is 352 g/mol. The number of carbonyl (C=O) groups excluding carboxylic acids is 1. The summed E-state index contributed by atoms with van der Waals surface area (Å²) in [6.07, 6.45) is -5.78. The summed E-state index contributed by atoms with van der Waals surface area (Å²) in [4.78, 5) is 15.0. The van der Waals surface area contributed by atoms with Gasteiger partial charge in [0.15, 0.2) is 5.13 Å². The molecule has 0 spiro atoms. The van der Waals surface area contributed by atoms with E-state index in [1.54, 1.807) is 0 Å². The summed E-state index contributed by atoms with van der Waals surface area (Å²) in [5.74, 6) is -6.30. The summed E-state index contributed by atoms with van der Waals surface area (Å²) >= 11 is 0.421. The van der Waals surface area contributed by atoms with Crippen LogP contribution in [0.25, 0.3) is 0 Å². The Morgan fingerprint density at radius 1 is 1.26 bits per heavy atom. The highest BCUT2D eigenvalue weighted by Gasteiger charge is 2.60. The molecule has 2 N–H and O–H groups in total. The van der Waals surface area contributed by atoms with Gasteiger partial charge in [-0.25, -0.2) is 4.98 Å². The largest absolute Gasteiger partial charge is 0.507 e. The molecule has 124 valence electrons. The molecule has 1 aromatic heterocycles. The Bertz CT molecular complexity index is 742. The molecular formula is C13H9F5N2O2S. The number of rotatable bonds is 3. The Morgan fingerprint density at radius 2 is 1.91 bits per heavy atom. The fraction of sp³-hybridized carbons (Fsp3) is 0.231. The van der Waals surface area contributed by atoms with Crippen LogP contribution in [0.5, 0.6) is 5.75 Å². The maximum Gasteiger partial charge on any atom is 0.459 e. The van der Waals surface area contributed by atoms with Crippen LogP contribution >= 0.6 is 11.3 Å². The number of hydrogen-bond acceptors (Lipinski definition) is 4. The van der Waals surface area contributed by atoms with Crippen molar-refractivity contribution in [2.75, 3.05) is 5.32 Å². The van der Waals surface area contributed by atoms with E-state index >= 15 is 0 Å². The molecule has 0 aliphatic carbocycles. The summed E-state index contributed by atoms with van der Waals surface area (Å²) in [6.45, 7) is 1.54. The molecule has 10 heteroatoms. The highest BCUT2D eigenvalue weighted by Crippen LogP contribution is 2.44. The van der Waals surface area contributed by atoms with Crippen molar-refractivity contribution in [3.8, 4) is 5.75 Å². The summed E-state index contributed by atoms with van der Waals surface area (Å²) in [7, 11) is 0. The van der Waals surface area contributed by atoms with E-state index in [1.165, 1.54) is 25.1 Å². The van der Waals surface area contributed by atoms with Crippen molar-refractivity contribution >= 4 is 22.4 Å². The van der Waals surface area contributed by atoms with Crippen LogP contribution < -0.4 is 5.32 Å². The number of carbonyl (C=O) groups is 1. The van der Waals surface area contributed by atoms with E-state index in [-0.39, 0.29) is 11.3 Å². The molecule has 0 saturated carbocycles. The fourth-order valence-electron chi connectivity index (χ4n) is 1.63. The number of nitrogens with one attached hydrogen (secondary N) is 1. The lowest BCUT2D eigenvalue weighted by Gasteiger charge is -2.16. The van der Waals surface area contributed by atoms with Crippen molar-refractivity contribution < 1.29 is 31.9 Å². The van der Waals surface area contributed by atoms with Gasteiger partial charge in [-0.15, -0.1) is 11.3 Å². The number of phenols is 1. The summed E-state index contributed by atoms with van der Waals surface area (Å²) in [5, 5.41) is 11.9. The van der Waals surface area contributed by atoms with Crippen molar-refractivity contribution in [3.05, 3.63) is 40.4 Å². The fourth-order valence-corrected chi connectivity index (χ4v) is 2.35.